The Morgan fingerprint density at radius 3 is 2.22 bits per heavy atom. The number of anilines is 1. The van der Waals surface area contributed by atoms with Crippen LogP contribution < -0.4 is 11.1 Å². The molecule has 0 saturated carbocycles. The molecule has 4 rings (SSSR count). The van der Waals surface area contributed by atoms with Crippen LogP contribution in [-0.2, 0) is 16.6 Å². The SMILES string of the molecule is CS(=O)(=O)N1CCN(Cc2ccc(NC(=O)c3ccc(-c4c(C(N)=O)[c]ccc4Cl)cc3)cc2)CC1. The van der Waals surface area contributed by atoms with E-state index in [1.807, 2.05) is 24.3 Å². The fourth-order valence-corrected chi connectivity index (χ4v) is 5.21. The zero-order valence-electron chi connectivity index (χ0n) is 19.7. The molecule has 36 heavy (non-hydrogen) atoms. The summed E-state index contributed by atoms with van der Waals surface area (Å²) in [6.45, 7) is 3.04. The van der Waals surface area contributed by atoms with E-state index in [2.05, 4.69) is 16.3 Å². The van der Waals surface area contributed by atoms with E-state index < -0.39 is 15.9 Å². The normalized spacial score (nSPS) is 14.9. The molecule has 0 aliphatic carbocycles. The highest BCUT2D eigenvalue weighted by Crippen LogP contribution is 2.31. The number of hydrogen-bond donors (Lipinski definition) is 2. The molecule has 1 fully saturated rings. The number of nitrogens with two attached hydrogens (primary N) is 1. The van der Waals surface area contributed by atoms with Gasteiger partial charge in [0.1, 0.15) is 0 Å². The molecule has 10 heteroatoms. The Balaban J connectivity index is 1.37. The van der Waals surface area contributed by atoms with Crippen LogP contribution in [0.3, 0.4) is 0 Å². The van der Waals surface area contributed by atoms with Crippen LogP contribution in [-0.4, -0.2) is 61.9 Å². The van der Waals surface area contributed by atoms with Gasteiger partial charge in [-0.15, -0.1) is 0 Å². The molecule has 3 N–H and O–H groups in total. The maximum atomic E-state index is 12.7. The molecule has 1 aliphatic rings. The lowest BCUT2D eigenvalue weighted by Gasteiger charge is -2.33. The minimum absolute atomic E-state index is 0.192. The number of sulfonamides is 1. The van der Waals surface area contributed by atoms with E-state index >= 15 is 0 Å². The molecule has 1 saturated heterocycles. The summed E-state index contributed by atoms with van der Waals surface area (Å²) in [6, 6.07) is 20.3. The van der Waals surface area contributed by atoms with Crippen molar-refractivity contribution in [3.8, 4) is 11.1 Å². The van der Waals surface area contributed by atoms with Gasteiger partial charge in [0.15, 0.2) is 0 Å². The molecule has 0 atom stereocenters. The van der Waals surface area contributed by atoms with E-state index in [0.717, 1.165) is 5.56 Å². The minimum Gasteiger partial charge on any atom is -0.366 e. The second-order valence-corrected chi connectivity index (χ2v) is 11.0. The standard InChI is InChI=1S/C26H26ClN4O4S/c1-36(34,35)31-15-13-30(14-16-31)17-18-5-11-21(12-6-18)29-26(33)20-9-7-19(8-10-20)24-22(25(28)32)3-2-4-23(24)27/h2,4-12H,13-17H2,1H3,(H2,28,32)(H,29,33). The Labute approximate surface area is 215 Å². The van der Waals surface area contributed by atoms with Crippen LogP contribution >= 0.6 is 11.6 Å². The number of hydrogen-bond acceptors (Lipinski definition) is 5. The van der Waals surface area contributed by atoms with Crippen molar-refractivity contribution in [3.63, 3.8) is 0 Å². The third kappa shape index (κ3) is 6.11. The summed E-state index contributed by atoms with van der Waals surface area (Å²) in [4.78, 5) is 26.7. The highest BCUT2D eigenvalue weighted by atomic mass is 35.5. The Kier molecular flexibility index (Phi) is 7.75. The van der Waals surface area contributed by atoms with Gasteiger partial charge in [-0.2, -0.15) is 4.31 Å². The first-order valence-electron chi connectivity index (χ1n) is 11.3. The van der Waals surface area contributed by atoms with Crippen molar-refractivity contribution in [1.29, 1.82) is 0 Å². The number of carbonyl (C=O) groups is 2. The van der Waals surface area contributed by atoms with Crippen molar-refractivity contribution in [3.05, 3.63) is 88.4 Å². The number of rotatable bonds is 7. The first kappa shape index (κ1) is 25.8. The van der Waals surface area contributed by atoms with E-state index in [1.165, 1.54) is 16.6 Å². The molecule has 0 spiro atoms. The van der Waals surface area contributed by atoms with Gasteiger partial charge in [0.05, 0.1) is 11.8 Å². The van der Waals surface area contributed by atoms with Gasteiger partial charge < -0.3 is 11.1 Å². The highest BCUT2D eigenvalue weighted by molar-refractivity contribution is 7.88. The van der Waals surface area contributed by atoms with Crippen LogP contribution in [0.5, 0.6) is 0 Å². The van der Waals surface area contributed by atoms with Crippen LogP contribution in [0.15, 0.2) is 60.7 Å². The van der Waals surface area contributed by atoms with Crippen LogP contribution in [0.1, 0.15) is 26.3 Å². The monoisotopic (exact) mass is 525 g/mol. The second-order valence-electron chi connectivity index (χ2n) is 8.61. The van der Waals surface area contributed by atoms with E-state index in [-0.39, 0.29) is 11.5 Å². The molecule has 1 aliphatic heterocycles. The van der Waals surface area contributed by atoms with Gasteiger partial charge in [0.2, 0.25) is 15.9 Å². The Hall–Kier alpha value is -3.24. The number of nitrogens with one attached hydrogen (secondary N) is 1. The molecule has 187 valence electrons. The molecule has 8 nitrogen and oxygen atoms in total. The van der Waals surface area contributed by atoms with E-state index in [9.17, 15) is 18.0 Å². The average Bonchev–Trinajstić information content (AvgIpc) is 2.85. The number of halogens is 1. The van der Waals surface area contributed by atoms with Crippen molar-refractivity contribution >= 4 is 39.1 Å². The smallest absolute Gasteiger partial charge is 0.255 e. The summed E-state index contributed by atoms with van der Waals surface area (Å²) in [7, 11) is -3.15. The largest absolute Gasteiger partial charge is 0.366 e. The lowest BCUT2D eigenvalue weighted by Crippen LogP contribution is -2.47. The zero-order valence-corrected chi connectivity index (χ0v) is 21.3. The third-order valence-electron chi connectivity index (χ3n) is 6.05. The van der Waals surface area contributed by atoms with E-state index in [0.29, 0.717) is 60.1 Å². The summed E-state index contributed by atoms with van der Waals surface area (Å²) in [5, 5.41) is 3.25. The van der Waals surface area contributed by atoms with Crippen molar-refractivity contribution in [2.24, 2.45) is 5.73 Å². The first-order valence-corrected chi connectivity index (χ1v) is 13.5. The predicted octanol–water partition coefficient (Wildman–Crippen LogP) is 3.24. The van der Waals surface area contributed by atoms with Crippen LogP contribution in [0.2, 0.25) is 5.02 Å². The maximum absolute atomic E-state index is 12.7. The number of nitrogens with zero attached hydrogens (tertiary/aromatic N) is 2. The molecule has 3 aromatic carbocycles. The number of primary amides is 1. The minimum atomic E-state index is -3.15. The van der Waals surface area contributed by atoms with E-state index in [4.69, 9.17) is 17.3 Å². The fourth-order valence-electron chi connectivity index (χ4n) is 4.11. The molecule has 1 radical (unpaired) electrons. The topological polar surface area (TPSA) is 113 Å². The molecular formula is C26H26ClN4O4S. The molecule has 0 bridgehead atoms. The highest BCUT2D eigenvalue weighted by Gasteiger charge is 2.23. The van der Waals surface area contributed by atoms with Crippen molar-refractivity contribution < 1.29 is 18.0 Å². The van der Waals surface area contributed by atoms with Gasteiger partial charge in [-0.1, -0.05) is 41.9 Å². The quantitative estimate of drug-likeness (QED) is 0.491. The van der Waals surface area contributed by atoms with Gasteiger partial charge in [0, 0.05) is 54.6 Å². The van der Waals surface area contributed by atoms with E-state index in [1.54, 1.807) is 30.3 Å². The summed E-state index contributed by atoms with van der Waals surface area (Å²) in [5.41, 5.74) is 8.96. The summed E-state index contributed by atoms with van der Waals surface area (Å²) < 4.78 is 24.8. The Morgan fingerprint density at radius 1 is 1.00 bits per heavy atom. The van der Waals surface area contributed by atoms with Crippen molar-refractivity contribution in [1.82, 2.24) is 9.21 Å². The third-order valence-corrected chi connectivity index (χ3v) is 7.66. The number of piperazine rings is 1. The second kappa shape index (κ2) is 10.8. The fraction of sp³-hybridized carbons (Fsp3) is 0.231. The summed E-state index contributed by atoms with van der Waals surface area (Å²) in [6.07, 6.45) is 1.24. The molecule has 0 aromatic heterocycles. The average molecular weight is 526 g/mol. The molecule has 3 aromatic rings. The molecule has 1 heterocycles. The van der Waals surface area contributed by atoms with Crippen molar-refractivity contribution in [2.75, 3.05) is 37.8 Å². The van der Waals surface area contributed by atoms with Crippen molar-refractivity contribution in [2.45, 2.75) is 6.54 Å². The summed E-state index contributed by atoms with van der Waals surface area (Å²) in [5.74, 6) is -0.902. The maximum Gasteiger partial charge on any atom is 0.255 e. The van der Waals surface area contributed by atoms with Crippen LogP contribution in [0, 0.1) is 6.07 Å². The Morgan fingerprint density at radius 2 is 1.64 bits per heavy atom. The lowest BCUT2D eigenvalue weighted by atomic mass is 9.98. The van der Waals surface area contributed by atoms with Crippen LogP contribution in [0.25, 0.3) is 11.1 Å². The molecular weight excluding hydrogens is 500 g/mol. The van der Waals surface area contributed by atoms with Gasteiger partial charge in [0.25, 0.3) is 5.91 Å². The lowest BCUT2D eigenvalue weighted by molar-refractivity contribution is 0.0997. The van der Waals surface area contributed by atoms with Gasteiger partial charge in [-0.05, 0) is 47.5 Å². The first-order chi connectivity index (χ1) is 17.1. The number of benzene rings is 3. The molecule has 0 unspecified atom stereocenters. The number of amides is 2. The van der Waals surface area contributed by atoms with Gasteiger partial charge >= 0.3 is 0 Å². The molecule has 2 amide bonds. The number of carbonyl (C=O) groups excluding carboxylic acids is 2. The Bertz CT molecular complexity index is 1370. The zero-order chi connectivity index (χ0) is 25.9. The predicted molar refractivity (Wildman–Crippen MR) is 140 cm³/mol. The summed E-state index contributed by atoms with van der Waals surface area (Å²) >= 11 is 6.28. The van der Waals surface area contributed by atoms with Gasteiger partial charge in [-0.3, -0.25) is 14.5 Å². The van der Waals surface area contributed by atoms with Gasteiger partial charge in [-0.25, -0.2) is 8.42 Å². The van der Waals surface area contributed by atoms with Crippen LogP contribution in [0.4, 0.5) is 5.69 Å².